The summed E-state index contributed by atoms with van der Waals surface area (Å²) in [6.45, 7) is 7.83. The zero-order chi connectivity index (χ0) is 29.0. The van der Waals surface area contributed by atoms with Crippen LogP contribution in [0.15, 0.2) is 142 Å². The standard InChI is InChI=1S/C19H25Si.3C7H7.Ti/c1-15-17(13-16-9-7-8-12-19(15)16)14-20(2,3)18-10-5-4-6-11-18;3*1-7-5-3-2-4-6-7;/h4-6,10-11,15H,7-9,12,14H2,1-3H3;3*2-6H,1H2;. The van der Waals surface area contributed by atoms with Crippen molar-refractivity contribution in [2.24, 2.45) is 5.92 Å². The molecule has 0 N–H and O–H groups in total. The maximum atomic E-state index is 2.62. The van der Waals surface area contributed by atoms with E-state index in [2.05, 4.69) is 141 Å². The van der Waals surface area contributed by atoms with E-state index in [-0.39, 0.29) is 0 Å². The van der Waals surface area contributed by atoms with Crippen molar-refractivity contribution in [3.63, 3.8) is 0 Å². The Labute approximate surface area is 259 Å². The molecule has 6 rings (SSSR count). The molecule has 0 saturated heterocycles. The van der Waals surface area contributed by atoms with Gasteiger partial charge in [0.25, 0.3) is 0 Å². The van der Waals surface area contributed by atoms with E-state index >= 15 is 0 Å². The number of allylic oxidation sites excluding steroid dienone is 4. The Bertz CT molecular complexity index is 1430. The minimum atomic E-state index is -2.91. The van der Waals surface area contributed by atoms with Gasteiger partial charge >= 0.3 is 260 Å². The average Bonchev–Trinajstić information content (AvgIpc) is 3.30. The van der Waals surface area contributed by atoms with Crippen molar-refractivity contribution in [1.82, 2.24) is 0 Å². The summed E-state index contributed by atoms with van der Waals surface area (Å²) in [6.07, 6.45) is 5.30. The molecule has 0 saturated carbocycles. The van der Waals surface area contributed by atoms with Crippen LogP contribution in [0.4, 0.5) is 0 Å². The summed E-state index contributed by atoms with van der Waals surface area (Å²) < 4.78 is 5.69. The molecule has 2 aliphatic carbocycles. The summed E-state index contributed by atoms with van der Waals surface area (Å²) >= 11 is -2.91. The Kier molecular flexibility index (Phi) is 9.01. The van der Waals surface area contributed by atoms with Crippen molar-refractivity contribution < 1.29 is 16.6 Å². The molecule has 4 aromatic rings. The van der Waals surface area contributed by atoms with Crippen molar-refractivity contribution in [1.29, 1.82) is 0 Å². The molecule has 0 aromatic heterocycles. The molecule has 2 aliphatic rings. The molecule has 1 unspecified atom stereocenters. The van der Waals surface area contributed by atoms with Crippen LogP contribution in [0.1, 0.15) is 49.3 Å². The van der Waals surface area contributed by atoms with Crippen molar-refractivity contribution in [3.05, 3.63) is 159 Å². The zero-order valence-electron chi connectivity index (χ0n) is 25.8. The maximum absolute atomic E-state index is 2.91. The monoisotopic (exact) mass is 602 g/mol. The summed E-state index contributed by atoms with van der Waals surface area (Å²) in [6, 6.07) is 47.4. The van der Waals surface area contributed by atoms with Crippen molar-refractivity contribution in [2.75, 3.05) is 0 Å². The van der Waals surface area contributed by atoms with Crippen molar-refractivity contribution >= 4 is 13.3 Å². The average molecular weight is 603 g/mol. The first-order valence-electron chi connectivity index (χ1n) is 16.1. The SMILES string of the molecule is CC1C2=C(CCCC2)[C]([Ti]([CH2]c2ccccc2)([CH2]c2ccccc2)[CH2]c2ccccc2)=C1C[Si](C)(C)c1ccccc1. The van der Waals surface area contributed by atoms with Crippen molar-refractivity contribution in [2.45, 2.75) is 65.9 Å². The van der Waals surface area contributed by atoms with Gasteiger partial charge < -0.3 is 0 Å². The van der Waals surface area contributed by atoms with Gasteiger partial charge in [0.15, 0.2) is 0 Å². The second-order valence-electron chi connectivity index (χ2n) is 13.5. The van der Waals surface area contributed by atoms with Gasteiger partial charge in [0.1, 0.15) is 0 Å². The molecule has 42 heavy (non-hydrogen) atoms. The fraction of sp³-hybridized carbons (Fsp3) is 0.300. The summed E-state index contributed by atoms with van der Waals surface area (Å²) in [5.74, 6) is 0.595. The third-order valence-corrected chi connectivity index (χ3v) is 20.9. The zero-order valence-corrected chi connectivity index (χ0v) is 28.3. The van der Waals surface area contributed by atoms with Crippen LogP contribution < -0.4 is 5.19 Å². The van der Waals surface area contributed by atoms with Gasteiger partial charge in [-0.2, -0.15) is 0 Å². The van der Waals surface area contributed by atoms with E-state index in [0.29, 0.717) is 5.92 Å². The molecule has 0 amide bonds. The van der Waals surface area contributed by atoms with Crippen molar-refractivity contribution in [3.8, 4) is 0 Å². The van der Waals surface area contributed by atoms with E-state index in [1.807, 2.05) is 20.6 Å². The first kappa shape index (κ1) is 29.4. The molecule has 0 aliphatic heterocycles. The van der Waals surface area contributed by atoms with Crippen LogP contribution in [0.3, 0.4) is 0 Å². The minimum absolute atomic E-state index is 0.595. The third-order valence-electron chi connectivity index (χ3n) is 10.1. The Morgan fingerprint density at radius 3 is 1.50 bits per heavy atom. The topological polar surface area (TPSA) is 0 Å². The van der Waals surface area contributed by atoms with Gasteiger partial charge in [0.05, 0.1) is 0 Å². The molecule has 0 spiro atoms. The molecular formula is C40H46SiTi. The first-order valence-corrected chi connectivity index (χ1v) is 23.4. The number of hydrogen-bond acceptors (Lipinski definition) is 0. The predicted molar refractivity (Wildman–Crippen MR) is 180 cm³/mol. The molecule has 2 heteroatoms. The molecule has 0 radical (unpaired) electrons. The van der Waals surface area contributed by atoms with Crippen LogP contribution >= 0.6 is 0 Å². The molecule has 1 atom stereocenters. The Morgan fingerprint density at radius 2 is 1.02 bits per heavy atom. The molecule has 214 valence electrons. The van der Waals surface area contributed by atoms with Crippen LogP contribution in [0, 0.1) is 5.92 Å². The van der Waals surface area contributed by atoms with Crippen LogP contribution in [0.2, 0.25) is 19.1 Å². The van der Waals surface area contributed by atoms with E-state index in [0.717, 1.165) is 0 Å². The molecule has 0 bridgehead atoms. The van der Waals surface area contributed by atoms with E-state index in [9.17, 15) is 0 Å². The van der Waals surface area contributed by atoms with Gasteiger partial charge in [0, 0.05) is 0 Å². The van der Waals surface area contributed by atoms with Gasteiger partial charge in [-0.1, -0.05) is 0 Å². The molecule has 0 heterocycles. The molecule has 0 nitrogen and oxygen atoms in total. The van der Waals surface area contributed by atoms with E-state index in [4.69, 9.17) is 0 Å². The normalized spacial score (nSPS) is 17.5. The summed E-state index contributed by atoms with van der Waals surface area (Å²) in [4.78, 5) is 0. The predicted octanol–water partition coefficient (Wildman–Crippen LogP) is 10.1. The molecule has 0 fully saturated rings. The first-order chi connectivity index (χ1) is 20.5. The third kappa shape index (κ3) is 6.30. The fourth-order valence-electron chi connectivity index (χ4n) is 8.09. The van der Waals surface area contributed by atoms with Gasteiger partial charge in [-0.25, -0.2) is 0 Å². The second-order valence-corrected chi connectivity index (χ2v) is 24.7. The Hall–Kier alpha value is -2.71. The Balaban J connectivity index is 1.59. The second kappa shape index (κ2) is 12.9. The van der Waals surface area contributed by atoms with Crippen LogP contribution in [-0.2, 0) is 30.8 Å². The quantitative estimate of drug-likeness (QED) is 0.159. The Morgan fingerprint density at radius 1 is 0.595 bits per heavy atom. The number of rotatable bonds is 10. The van der Waals surface area contributed by atoms with Gasteiger partial charge in [-0.3, -0.25) is 0 Å². The van der Waals surface area contributed by atoms with Gasteiger partial charge in [-0.15, -0.1) is 0 Å². The van der Waals surface area contributed by atoms with Gasteiger partial charge in [0.2, 0.25) is 0 Å². The number of benzene rings is 4. The van der Waals surface area contributed by atoms with E-state index < -0.39 is 24.7 Å². The summed E-state index contributed by atoms with van der Waals surface area (Å²) in [5, 5.41) is 1.60. The molecule has 4 aromatic carbocycles. The summed E-state index contributed by atoms with van der Waals surface area (Å²) in [7, 11) is -1.70. The number of hydrogen-bond donors (Lipinski definition) is 0. The van der Waals surface area contributed by atoms with Crippen LogP contribution in [-0.4, -0.2) is 8.07 Å². The fourth-order valence-corrected chi connectivity index (χ4v) is 20.3. The van der Waals surface area contributed by atoms with Crippen LogP contribution in [0.5, 0.6) is 0 Å². The molecular weight excluding hydrogens is 556 g/mol. The summed E-state index contributed by atoms with van der Waals surface area (Å²) in [5.41, 5.74) is 10.1. The van der Waals surface area contributed by atoms with Crippen LogP contribution in [0.25, 0.3) is 0 Å². The van der Waals surface area contributed by atoms with E-state index in [1.165, 1.54) is 62.6 Å². The van der Waals surface area contributed by atoms with E-state index in [1.54, 1.807) is 5.19 Å². The van der Waals surface area contributed by atoms with Gasteiger partial charge in [-0.05, 0) is 0 Å².